The zero-order valence-corrected chi connectivity index (χ0v) is 16.1. The van der Waals surface area contributed by atoms with Gasteiger partial charge in [0.1, 0.15) is 0 Å². The number of rotatable bonds is 6. The van der Waals surface area contributed by atoms with Crippen molar-refractivity contribution in [1.29, 1.82) is 0 Å². The van der Waals surface area contributed by atoms with Gasteiger partial charge in [-0.05, 0) is 55.2 Å². The third kappa shape index (κ3) is 5.09. The summed E-state index contributed by atoms with van der Waals surface area (Å²) in [6.07, 6.45) is 3.52. The topological polar surface area (TPSA) is 52.7 Å². The lowest BCUT2D eigenvalue weighted by Crippen LogP contribution is -2.21. The number of carbonyl (C=O) groups is 2. The van der Waals surface area contributed by atoms with Crippen molar-refractivity contribution in [2.75, 3.05) is 37.4 Å². The molecule has 1 fully saturated rings. The predicted molar refractivity (Wildman–Crippen MR) is 109 cm³/mol. The van der Waals surface area contributed by atoms with Gasteiger partial charge in [0.25, 0.3) is 5.91 Å². The molecule has 1 heterocycles. The van der Waals surface area contributed by atoms with Gasteiger partial charge in [-0.15, -0.1) is 0 Å². The third-order valence-corrected chi connectivity index (χ3v) is 4.85. The van der Waals surface area contributed by atoms with Crippen LogP contribution in [-0.4, -0.2) is 43.9 Å². The Kier molecular flexibility index (Phi) is 6.12. The number of nitrogens with zero attached hydrogens (tertiary/aromatic N) is 2. The largest absolute Gasteiger partial charge is 0.371 e. The Morgan fingerprint density at radius 1 is 1.04 bits per heavy atom. The van der Waals surface area contributed by atoms with Crippen molar-refractivity contribution in [3.63, 3.8) is 0 Å². The second kappa shape index (κ2) is 8.71. The summed E-state index contributed by atoms with van der Waals surface area (Å²) in [5, 5.41) is 2.99. The average molecular weight is 365 g/mol. The first-order valence-corrected chi connectivity index (χ1v) is 9.48. The molecule has 0 bridgehead atoms. The molecule has 5 nitrogen and oxygen atoms in total. The normalized spacial score (nSPS) is 13.5. The van der Waals surface area contributed by atoms with Crippen LogP contribution in [0.4, 0.5) is 11.4 Å². The van der Waals surface area contributed by atoms with Crippen LogP contribution in [0.3, 0.4) is 0 Å². The SMILES string of the molecule is CN(C)C(=O)c1ccc(CCC(=O)Nc2cccc(N3CCCC3)c2)cc1. The molecule has 2 aromatic rings. The number of carbonyl (C=O) groups excluding carboxylic acids is 2. The Bertz CT molecular complexity index is 793. The van der Waals surface area contributed by atoms with Gasteiger partial charge in [-0.1, -0.05) is 18.2 Å². The highest BCUT2D eigenvalue weighted by Gasteiger charge is 2.13. The van der Waals surface area contributed by atoms with E-state index in [1.165, 1.54) is 18.5 Å². The van der Waals surface area contributed by atoms with Crippen LogP contribution < -0.4 is 10.2 Å². The highest BCUT2D eigenvalue weighted by molar-refractivity contribution is 5.94. The molecule has 5 heteroatoms. The minimum Gasteiger partial charge on any atom is -0.371 e. The quantitative estimate of drug-likeness (QED) is 0.852. The Morgan fingerprint density at radius 3 is 2.41 bits per heavy atom. The number of aryl methyl sites for hydroxylation is 1. The van der Waals surface area contributed by atoms with Crippen molar-refractivity contribution in [1.82, 2.24) is 4.90 Å². The van der Waals surface area contributed by atoms with Crippen molar-refractivity contribution in [2.24, 2.45) is 0 Å². The number of amides is 2. The van der Waals surface area contributed by atoms with E-state index in [0.29, 0.717) is 18.4 Å². The molecular weight excluding hydrogens is 338 g/mol. The maximum Gasteiger partial charge on any atom is 0.253 e. The lowest BCUT2D eigenvalue weighted by atomic mass is 10.1. The fourth-order valence-electron chi connectivity index (χ4n) is 3.31. The minimum absolute atomic E-state index is 0.00187. The maximum absolute atomic E-state index is 12.3. The minimum atomic E-state index is -0.0165. The highest BCUT2D eigenvalue weighted by Crippen LogP contribution is 2.23. The molecule has 1 aliphatic rings. The van der Waals surface area contributed by atoms with Crippen molar-refractivity contribution >= 4 is 23.2 Å². The van der Waals surface area contributed by atoms with Gasteiger partial charge in [0, 0.05) is 50.5 Å². The second-order valence-electron chi connectivity index (χ2n) is 7.19. The fourth-order valence-corrected chi connectivity index (χ4v) is 3.31. The van der Waals surface area contributed by atoms with Gasteiger partial charge in [0.2, 0.25) is 5.91 Å². The van der Waals surface area contributed by atoms with Gasteiger partial charge >= 0.3 is 0 Å². The van der Waals surface area contributed by atoms with Gasteiger partial charge in [-0.3, -0.25) is 9.59 Å². The molecule has 27 heavy (non-hydrogen) atoms. The van der Waals surface area contributed by atoms with Crippen LogP contribution in [0.5, 0.6) is 0 Å². The third-order valence-electron chi connectivity index (χ3n) is 4.85. The molecule has 0 aliphatic carbocycles. The van der Waals surface area contributed by atoms with Crippen LogP contribution in [0.25, 0.3) is 0 Å². The van der Waals surface area contributed by atoms with Gasteiger partial charge in [0.15, 0.2) is 0 Å². The van der Waals surface area contributed by atoms with Crippen LogP contribution in [0.1, 0.15) is 35.2 Å². The van der Waals surface area contributed by atoms with Gasteiger partial charge in [-0.2, -0.15) is 0 Å². The van der Waals surface area contributed by atoms with E-state index < -0.39 is 0 Å². The zero-order chi connectivity index (χ0) is 19.2. The lowest BCUT2D eigenvalue weighted by molar-refractivity contribution is -0.116. The summed E-state index contributed by atoms with van der Waals surface area (Å²) in [5.74, 6) is -0.0146. The first-order valence-electron chi connectivity index (χ1n) is 9.48. The summed E-state index contributed by atoms with van der Waals surface area (Å²) in [5.41, 5.74) is 3.72. The maximum atomic E-state index is 12.3. The number of anilines is 2. The summed E-state index contributed by atoms with van der Waals surface area (Å²) < 4.78 is 0. The van der Waals surface area contributed by atoms with E-state index in [4.69, 9.17) is 0 Å². The van der Waals surface area contributed by atoms with E-state index in [9.17, 15) is 9.59 Å². The molecule has 1 saturated heterocycles. The Balaban J connectivity index is 1.52. The lowest BCUT2D eigenvalue weighted by Gasteiger charge is -2.18. The van der Waals surface area contributed by atoms with Crippen molar-refractivity contribution in [2.45, 2.75) is 25.7 Å². The Hall–Kier alpha value is -2.82. The molecule has 0 atom stereocenters. The van der Waals surface area contributed by atoms with Crippen LogP contribution >= 0.6 is 0 Å². The molecule has 0 unspecified atom stereocenters. The monoisotopic (exact) mass is 365 g/mol. The molecule has 0 aromatic heterocycles. The number of nitrogens with one attached hydrogen (secondary N) is 1. The summed E-state index contributed by atoms with van der Waals surface area (Å²) >= 11 is 0. The first kappa shape index (κ1) is 19.0. The van der Waals surface area contributed by atoms with E-state index in [0.717, 1.165) is 24.3 Å². The van der Waals surface area contributed by atoms with Crippen LogP contribution in [0, 0.1) is 0 Å². The number of hydrogen-bond acceptors (Lipinski definition) is 3. The first-order chi connectivity index (χ1) is 13.0. The molecule has 1 N–H and O–H groups in total. The van der Waals surface area contributed by atoms with Crippen molar-refractivity contribution < 1.29 is 9.59 Å². The Morgan fingerprint density at radius 2 is 1.74 bits per heavy atom. The summed E-state index contributed by atoms with van der Waals surface area (Å²) in [6, 6.07) is 15.5. The predicted octanol–water partition coefficient (Wildman–Crippen LogP) is 3.56. The second-order valence-corrected chi connectivity index (χ2v) is 7.19. The van der Waals surface area contributed by atoms with Gasteiger partial charge in [-0.25, -0.2) is 0 Å². The molecular formula is C22H27N3O2. The summed E-state index contributed by atoms with van der Waals surface area (Å²) in [7, 11) is 3.47. The molecule has 142 valence electrons. The van der Waals surface area contributed by atoms with Crippen LogP contribution in [-0.2, 0) is 11.2 Å². The summed E-state index contributed by atoms with van der Waals surface area (Å²) in [4.78, 5) is 28.1. The van der Waals surface area contributed by atoms with Gasteiger partial charge in [0.05, 0.1) is 0 Å². The van der Waals surface area contributed by atoms with E-state index in [2.05, 4.69) is 16.3 Å². The van der Waals surface area contributed by atoms with Gasteiger partial charge < -0.3 is 15.1 Å². The molecule has 0 spiro atoms. The average Bonchev–Trinajstić information content (AvgIpc) is 3.21. The van der Waals surface area contributed by atoms with Crippen LogP contribution in [0.2, 0.25) is 0 Å². The zero-order valence-electron chi connectivity index (χ0n) is 16.1. The molecule has 2 amide bonds. The molecule has 1 aliphatic heterocycles. The van der Waals surface area contributed by atoms with Crippen molar-refractivity contribution in [3.8, 4) is 0 Å². The smallest absolute Gasteiger partial charge is 0.253 e. The molecule has 0 saturated carbocycles. The van der Waals surface area contributed by atoms with Crippen LogP contribution in [0.15, 0.2) is 48.5 Å². The highest BCUT2D eigenvalue weighted by atomic mass is 16.2. The number of benzene rings is 2. The van der Waals surface area contributed by atoms with E-state index in [1.807, 2.05) is 42.5 Å². The molecule has 2 aromatic carbocycles. The fraction of sp³-hybridized carbons (Fsp3) is 0.364. The van der Waals surface area contributed by atoms with E-state index in [-0.39, 0.29) is 11.8 Å². The van der Waals surface area contributed by atoms with Crippen molar-refractivity contribution in [3.05, 3.63) is 59.7 Å². The van der Waals surface area contributed by atoms with E-state index in [1.54, 1.807) is 19.0 Å². The number of hydrogen-bond donors (Lipinski definition) is 1. The molecule has 3 rings (SSSR count). The standard InChI is InChI=1S/C22H27N3O2/c1-24(2)22(27)18-11-8-17(9-12-18)10-13-21(26)23-19-6-5-7-20(16-19)25-14-3-4-15-25/h5-9,11-12,16H,3-4,10,13-15H2,1-2H3,(H,23,26). The Labute approximate surface area is 161 Å². The molecule has 0 radical (unpaired) electrons. The summed E-state index contributed by atoms with van der Waals surface area (Å²) in [6.45, 7) is 2.17. The van der Waals surface area contributed by atoms with E-state index >= 15 is 0 Å².